The number of hydrogen-bond acceptors (Lipinski definition) is 6. The van der Waals surface area contributed by atoms with E-state index in [1.807, 2.05) is 21.9 Å². The van der Waals surface area contributed by atoms with E-state index in [4.69, 9.17) is 0 Å². The summed E-state index contributed by atoms with van der Waals surface area (Å²) >= 11 is 1.57. The number of nitrogens with one attached hydrogen (secondary N) is 2. The average molecular weight is 403 g/mol. The van der Waals surface area contributed by atoms with Crippen molar-refractivity contribution in [1.82, 2.24) is 30.3 Å². The highest BCUT2D eigenvalue weighted by Crippen LogP contribution is 2.35. The lowest BCUT2D eigenvalue weighted by molar-refractivity contribution is -0.141. The second kappa shape index (κ2) is 8.40. The van der Waals surface area contributed by atoms with E-state index in [0.29, 0.717) is 19.6 Å². The van der Waals surface area contributed by atoms with Gasteiger partial charge in [-0.3, -0.25) is 19.6 Å². The van der Waals surface area contributed by atoms with E-state index in [1.54, 1.807) is 17.5 Å². The number of rotatable bonds is 7. The van der Waals surface area contributed by atoms with E-state index in [1.165, 1.54) is 0 Å². The Bertz CT molecular complexity index is 793. The Morgan fingerprint density at radius 1 is 1.46 bits per heavy atom. The van der Waals surface area contributed by atoms with Gasteiger partial charge >= 0.3 is 0 Å². The van der Waals surface area contributed by atoms with Gasteiger partial charge in [0.25, 0.3) is 0 Å². The first kappa shape index (κ1) is 19.1. The molecule has 150 valence electrons. The lowest BCUT2D eigenvalue weighted by Crippen LogP contribution is -2.56. The van der Waals surface area contributed by atoms with E-state index in [9.17, 15) is 9.59 Å². The smallest absolute Gasteiger partial charge is 0.237 e. The SMILES string of the molecule is CC[C@@H]1[C@H](C(=O)NCCc2ccn[nH]2)C[C@@H]2CN(Cc3cscn3)CC(=O)N21. The molecule has 2 amide bonds. The van der Waals surface area contributed by atoms with Gasteiger partial charge < -0.3 is 10.2 Å². The predicted octanol–water partition coefficient (Wildman–Crippen LogP) is 1.04. The van der Waals surface area contributed by atoms with Crippen LogP contribution < -0.4 is 5.32 Å². The minimum atomic E-state index is -0.139. The predicted molar refractivity (Wildman–Crippen MR) is 106 cm³/mol. The van der Waals surface area contributed by atoms with Crippen LogP contribution in [0.15, 0.2) is 23.2 Å². The maximum absolute atomic E-state index is 12.8. The van der Waals surface area contributed by atoms with Gasteiger partial charge in [-0.1, -0.05) is 6.92 Å². The van der Waals surface area contributed by atoms with Gasteiger partial charge in [0, 0.05) is 55.4 Å². The molecule has 0 aliphatic carbocycles. The molecule has 2 aromatic rings. The summed E-state index contributed by atoms with van der Waals surface area (Å²) in [6.45, 7) is 4.53. The minimum Gasteiger partial charge on any atom is -0.355 e. The van der Waals surface area contributed by atoms with E-state index < -0.39 is 0 Å². The molecule has 2 aromatic heterocycles. The normalized spacial score (nSPS) is 25.1. The van der Waals surface area contributed by atoms with Crippen LogP contribution in [0, 0.1) is 5.92 Å². The fraction of sp³-hybridized carbons (Fsp3) is 0.579. The van der Waals surface area contributed by atoms with Gasteiger partial charge in [-0.05, 0) is 18.9 Å². The van der Waals surface area contributed by atoms with Crippen LogP contribution in [0.3, 0.4) is 0 Å². The van der Waals surface area contributed by atoms with E-state index in [-0.39, 0.29) is 29.8 Å². The van der Waals surface area contributed by atoms with Crippen LogP contribution in [0.1, 0.15) is 31.2 Å². The average Bonchev–Trinajstić information content (AvgIpc) is 3.42. The highest BCUT2D eigenvalue weighted by Gasteiger charge is 2.48. The monoisotopic (exact) mass is 402 g/mol. The Balaban J connectivity index is 1.37. The highest BCUT2D eigenvalue weighted by atomic mass is 32.1. The second-order valence-corrected chi connectivity index (χ2v) is 8.26. The molecule has 28 heavy (non-hydrogen) atoms. The molecule has 0 saturated carbocycles. The van der Waals surface area contributed by atoms with Gasteiger partial charge in [0.1, 0.15) is 0 Å². The number of hydrogen-bond donors (Lipinski definition) is 2. The van der Waals surface area contributed by atoms with Crippen molar-refractivity contribution >= 4 is 23.2 Å². The van der Waals surface area contributed by atoms with Crippen LogP contribution in [0.2, 0.25) is 0 Å². The van der Waals surface area contributed by atoms with Gasteiger partial charge in [-0.2, -0.15) is 5.10 Å². The molecule has 9 heteroatoms. The van der Waals surface area contributed by atoms with Crippen molar-refractivity contribution in [3.63, 3.8) is 0 Å². The summed E-state index contributed by atoms with van der Waals surface area (Å²) in [5.74, 6) is 0.0469. The highest BCUT2D eigenvalue weighted by molar-refractivity contribution is 7.07. The zero-order valence-electron chi connectivity index (χ0n) is 16.0. The van der Waals surface area contributed by atoms with Crippen molar-refractivity contribution in [2.75, 3.05) is 19.6 Å². The number of aromatic nitrogens is 3. The third-order valence-electron chi connectivity index (χ3n) is 5.73. The molecule has 2 N–H and O–H groups in total. The molecule has 0 radical (unpaired) electrons. The lowest BCUT2D eigenvalue weighted by atomic mass is 9.96. The van der Waals surface area contributed by atoms with Gasteiger partial charge in [0.2, 0.25) is 11.8 Å². The Morgan fingerprint density at radius 2 is 2.36 bits per heavy atom. The number of carbonyl (C=O) groups excluding carboxylic acids is 2. The molecule has 0 aromatic carbocycles. The molecule has 0 spiro atoms. The topological polar surface area (TPSA) is 94.2 Å². The molecule has 3 atom stereocenters. The van der Waals surface area contributed by atoms with Crippen LogP contribution in [0.4, 0.5) is 0 Å². The summed E-state index contributed by atoms with van der Waals surface area (Å²) in [5.41, 5.74) is 3.83. The van der Waals surface area contributed by atoms with Crippen molar-refractivity contribution in [2.45, 2.75) is 44.8 Å². The first-order valence-corrected chi connectivity index (χ1v) is 10.8. The molecule has 2 saturated heterocycles. The standard InChI is InChI=1S/C19H26N6O2S/c1-2-17-16(19(27)20-5-3-13-4-6-22-23-13)7-15-9-24(10-18(26)25(15)17)8-14-11-28-12-21-14/h4,6,11-12,15-17H,2-3,5,7-10H2,1H3,(H,20,27)(H,22,23)/t15-,16-,17-/m1/s1. The molecule has 2 aliphatic rings. The summed E-state index contributed by atoms with van der Waals surface area (Å²) in [7, 11) is 0. The van der Waals surface area contributed by atoms with Gasteiger partial charge in [-0.15, -0.1) is 11.3 Å². The molecule has 4 heterocycles. The van der Waals surface area contributed by atoms with Crippen LogP contribution in [-0.4, -0.2) is 68.5 Å². The van der Waals surface area contributed by atoms with Gasteiger partial charge in [0.05, 0.1) is 23.7 Å². The number of thiazole rings is 1. The van der Waals surface area contributed by atoms with Crippen molar-refractivity contribution in [3.05, 3.63) is 34.5 Å². The van der Waals surface area contributed by atoms with E-state index in [0.717, 1.165) is 37.2 Å². The first-order valence-electron chi connectivity index (χ1n) is 9.82. The Morgan fingerprint density at radius 3 is 3.07 bits per heavy atom. The van der Waals surface area contributed by atoms with Crippen LogP contribution in [0.25, 0.3) is 0 Å². The Kier molecular flexibility index (Phi) is 5.72. The zero-order valence-corrected chi connectivity index (χ0v) is 16.8. The number of H-pyrrole nitrogens is 1. The number of fused-ring (bicyclic) bond motifs is 1. The summed E-state index contributed by atoms with van der Waals surface area (Å²) in [6.07, 6.45) is 3.96. The number of carbonyl (C=O) groups is 2. The van der Waals surface area contributed by atoms with Gasteiger partial charge in [-0.25, -0.2) is 4.98 Å². The number of amides is 2. The Labute approximate surface area is 168 Å². The Hall–Kier alpha value is -2.26. The molecular formula is C19H26N6O2S. The maximum atomic E-state index is 12.8. The summed E-state index contributed by atoms with van der Waals surface area (Å²) < 4.78 is 0. The van der Waals surface area contributed by atoms with Crippen molar-refractivity contribution < 1.29 is 9.59 Å². The summed E-state index contributed by atoms with van der Waals surface area (Å²) in [5, 5.41) is 11.9. The summed E-state index contributed by atoms with van der Waals surface area (Å²) in [4.78, 5) is 34.1. The van der Waals surface area contributed by atoms with Crippen LogP contribution >= 0.6 is 11.3 Å². The molecule has 4 rings (SSSR count). The molecule has 0 unspecified atom stereocenters. The van der Waals surface area contributed by atoms with E-state index in [2.05, 4.69) is 32.3 Å². The first-order chi connectivity index (χ1) is 13.7. The van der Waals surface area contributed by atoms with Crippen molar-refractivity contribution in [3.8, 4) is 0 Å². The lowest BCUT2D eigenvalue weighted by Gasteiger charge is -2.39. The quantitative estimate of drug-likeness (QED) is 0.722. The fourth-order valence-electron chi connectivity index (χ4n) is 4.52. The molecule has 2 fully saturated rings. The number of piperazine rings is 1. The third kappa shape index (κ3) is 3.95. The third-order valence-corrected chi connectivity index (χ3v) is 6.37. The largest absolute Gasteiger partial charge is 0.355 e. The molecular weight excluding hydrogens is 376 g/mol. The fourth-order valence-corrected chi connectivity index (χ4v) is 5.07. The minimum absolute atomic E-state index is 0.00826. The van der Waals surface area contributed by atoms with E-state index >= 15 is 0 Å². The maximum Gasteiger partial charge on any atom is 0.237 e. The van der Waals surface area contributed by atoms with Gasteiger partial charge in [0.15, 0.2) is 0 Å². The van der Waals surface area contributed by atoms with Crippen LogP contribution in [-0.2, 0) is 22.6 Å². The number of aromatic amines is 1. The van der Waals surface area contributed by atoms with Crippen LogP contribution in [0.5, 0.6) is 0 Å². The number of nitrogens with zero attached hydrogens (tertiary/aromatic N) is 4. The zero-order chi connectivity index (χ0) is 19.5. The van der Waals surface area contributed by atoms with Crippen molar-refractivity contribution in [1.29, 1.82) is 0 Å². The molecule has 0 bridgehead atoms. The van der Waals surface area contributed by atoms with Crippen molar-refractivity contribution in [2.24, 2.45) is 5.92 Å². The second-order valence-electron chi connectivity index (χ2n) is 7.54. The summed E-state index contributed by atoms with van der Waals surface area (Å²) in [6, 6.07) is 2.01. The molecule has 8 nitrogen and oxygen atoms in total. The molecule has 2 aliphatic heterocycles.